The molecular weight excluding hydrogens is 863 g/mol. The van der Waals surface area contributed by atoms with Crippen molar-refractivity contribution in [3.05, 3.63) is 300 Å². The van der Waals surface area contributed by atoms with Gasteiger partial charge in [0.05, 0.1) is 16.4 Å². The molecule has 0 N–H and O–H groups in total. The Labute approximate surface area is 410 Å². The number of aromatic nitrogens is 1. The summed E-state index contributed by atoms with van der Waals surface area (Å²) in [6, 6.07) is 98.2. The number of rotatable bonds is 6. The fraction of sp³-hybridized carbons (Fsp3) is 0.0294. The first kappa shape index (κ1) is 39.4. The molecule has 15 rings (SSSR count). The summed E-state index contributed by atoms with van der Waals surface area (Å²) >= 11 is 1.87. The summed E-state index contributed by atoms with van der Waals surface area (Å²) in [6.45, 7) is 0. The highest BCUT2D eigenvalue weighted by atomic mass is 32.1. The number of thiophene rings is 1. The van der Waals surface area contributed by atoms with Crippen LogP contribution in [0.4, 0.5) is 0 Å². The van der Waals surface area contributed by atoms with E-state index in [1.165, 1.54) is 125 Å². The normalized spacial score (nSPS) is 15.3. The van der Waals surface area contributed by atoms with Crippen molar-refractivity contribution in [2.24, 2.45) is 0 Å². The van der Waals surface area contributed by atoms with Crippen LogP contribution in [0.3, 0.4) is 0 Å². The number of hydrogen-bond donors (Lipinski definition) is 0. The summed E-state index contributed by atoms with van der Waals surface area (Å²) in [4.78, 5) is 0. The summed E-state index contributed by atoms with van der Waals surface area (Å²) in [5.41, 5.74) is 20.2. The Balaban J connectivity index is 0.996. The lowest BCUT2D eigenvalue weighted by molar-refractivity contribution is 0.564. The zero-order chi connectivity index (χ0) is 46.0. The lowest BCUT2D eigenvalue weighted by Crippen LogP contribution is -2.35. The van der Waals surface area contributed by atoms with Crippen LogP contribution in [0, 0.1) is 0 Å². The first-order valence-electron chi connectivity index (χ1n) is 24.3. The molecule has 1 atom stereocenters. The number of fused-ring (bicyclic) bond motifs is 12. The average molecular weight is 906 g/mol. The van der Waals surface area contributed by atoms with E-state index >= 15 is 0 Å². The van der Waals surface area contributed by atoms with Gasteiger partial charge in [0.15, 0.2) is 0 Å². The van der Waals surface area contributed by atoms with Gasteiger partial charge in [0.2, 0.25) is 0 Å². The third-order valence-corrected chi connectivity index (χ3v) is 16.9. The van der Waals surface area contributed by atoms with Crippen LogP contribution in [0.25, 0.3) is 86.5 Å². The third-order valence-electron chi connectivity index (χ3n) is 15.7. The number of hydrogen-bond acceptors (Lipinski definition) is 1. The zero-order valence-electron chi connectivity index (χ0n) is 38.2. The molecule has 2 aliphatic carbocycles. The Kier molecular flexibility index (Phi) is 8.43. The maximum atomic E-state index is 2.65. The van der Waals surface area contributed by atoms with E-state index in [-0.39, 0.29) is 0 Å². The largest absolute Gasteiger partial charge is 0.322 e. The van der Waals surface area contributed by atoms with Gasteiger partial charge in [0.1, 0.15) is 5.54 Å². The second-order valence-electron chi connectivity index (χ2n) is 19.1. The van der Waals surface area contributed by atoms with E-state index < -0.39 is 11.0 Å². The lowest BCUT2D eigenvalue weighted by atomic mass is 9.67. The van der Waals surface area contributed by atoms with Crippen molar-refractivity contribution in [3.8, 4) is 44.5 Å². The summed E-state index contributed by atoms with van der Waals surface area (Å²) in [7, 11) is 0. The van der Waals surface area contributed by atoms with Gasteiger partial charge in [0.25, 0.3) is 0 Å². The fourth-order valence-electron chi connectivity index (χ4n) is 12.8. The maximum absolute atomic E-state index is 2.65. The predicted octanol–water partition coefficient (Wildman–Crippen LogP) is 17.7. The van der Waals surface area contributed by atoms with Crippen molar-refractivity contribution in [3.63, 3.8) is 0 Å². The first-order valence-corrected chi connectivity index (χ1v) is 25.1. The molecule has 70 heavy (non-hydrogen) atoms. The molecule has 1 unspecified atom stereocenters. The maximum Gasteiger partial charge on any atom is 0.122 e. The molecule has 0 saturated carbocycles. The van der Waals surface area contributed by atoms with E-state index in [0.29, 0.717) is 0 Å². The van der Waals surface area contributed by atoms with E-state index in [0.717, 1.165) is 0 Å². The van der Waals surface area contributed by atoms with Crippen molar-refractivity contribution < 1.29 is 0 Å². The SMILES string of the molecule is c1ccc(C2(c3ccccc3)c3ccccc3-c3cc(-c4ccc5c(c4)-c4cc(-c6ccc7sc8ccccc8c7c6)ccc4C5(c4ccccc4)n4c5ccccc5c5ccccc54)ccc32)cc1. The molecule has 2 aliphatic rings. The number of benzene rings is 11. The summed E-state index contributed by atoms with van der Waals surface area (Å²) in [5, 5.41) is 5.14. The van der Waals surface area contributed by atoms with E-state index in [1.54, 1.807) is 0 Å². The van der Waals surface area contributed by atoms with Gasteiger partial charge in [0, 0.05) is 30.9 Å². The minimum absolute atomic E-state index is 0.448. The predicted molar refractivity (Wildman–Crippen MR) is 294 cm³/mol. The first-order chi connectivity index (χ1) is 34.7. The second kappa shape index (κ2) is 15.0. The smallest absolute Gasteiger partial charge is 0.122 e. The van der Waals surface area contributed by atoms with Gasteiger partial charge in [-0.05, 0) is 132 Å². The van der Waals surface area contributed by atoms with Gasteiger partial charge in [-0.15, -0.1) is 11.3 Å². The van der Waals surface area contributed by atoms with Crippen LogP contribution in [0.15, 0.2) is 261 Å². The molecule has 0 aliphatic heterocycles. The van der Waals surface area contributed by atoms with E-state index in [4.69, 9.17) is 0 Å². The third kappa shape index (κ3) is 5.31. The summed E-state index contributed by atoms with van der Waals surface area (Å²) in [5.74, 6) is 0. The Morgan fingerprint density at radius 1 is 0.271 bits per heavy atom. The molecule has 1 nitrogen and oxygen atoms in total. The van der Waals surface area contributed by atoms with Crippen molar-refractivity contribution in [2.45, 2.75) is 11.0 Å². The van der Waals surface area contributed by atoms with Gasteiger partial charge in [-0.1, -0.05) is 212 Å². The molecule has 2 heteroatoms. The Morgan fingerprint density at radius 3 is 1.29 bits per heavy atom. The molecule has 11 aromatic carbocycles. The van der Waals surface area contributed by atoms with E-state index in [9.17, 15) is 0 Å². The highest BCUT2D eigenvalue weighted by Gasteiger charge is 2.49. The molecule has 0 saturated heterocycles. The van der Waals surface area contributed by atoms with Gasteiger partial charge < -0.3 is 4.57 Å². The van der Waals surface area contributed by atoms with Crippen molar-refractivity contribution >= 4 is 53.3 Å². The van der Waals surface area contributed by atoms with Crippen molar-refractivity contribution in [1.82, 2.24) is 4.57 Å². The minimum Gasteiger partial charge on any atom is -0.322 e. The van der Waals surface area contributed by atoms with Gasteiger partial charge >= 0.3 is 0 Å². The molecule has 326 valence electrons. The van der Waals surface area contributed by atoms with E-state index in [2.05, 4.69) is 265 Å². The van der Waals surface area contributed by atoms with Crippen LogP contribution >= 0.6 is 11.3 Å². The quantitative estimate of drug-likeness (QED) is 0.157. The molecule has 13 aromatic rings. The Morgan fingerprint density at radius 2 is 0.686 bits per heavy atom. The molecule has 2 heterocycles. The topological polar surface area (TPSA) is 4.93 Å². The average Bonchev–Trinajstić information content (AvgIpc) is 4.15. The molecular formula is C68H43NS. The van der Waals surface area contributed by atoms with Crippen LogP contribution in [0.2, 0.25) is 0 Å². The van der Waals surface area contributed by atoms with Crippen LogP contribution < -0.4 is 0 Å². The van der Waals surface area contributed by atoms with E-state index in [1.807, 2.05) is 11.3 Å². The van der Waals surface area contributed by atoms with Gasteiger partial charge in [-0.2, -0.15) is 0 Å². The second-order valence-corrected chi connectivity index (χ2v) is 20.1. The lowest BCUT2D eigenvalue weighted by Gasteiger charge is -2.36. The van der Waals surface area contributed by atoms with Gasteiger partial charge in [-0.25, -0.2) is 0 Å². The van der Waals surface area contributed by atoms with Crippen LogP contribution in [0.5, 0.6) is 0 Å². The molecule has 2 aromatic heterocycles. The zero-order valence-corrected chi connectivity index (χ0v) is 39.0. The van der Waals surface area contributed by atoms with Crippen LogP contribution in [-0.2, 0) is 11.0 Å². The van der Waals surface area contributed by atoms with Crippen molar-refractivity contribution in [1.29, 1.82) is 0 Å². The van der Waals surface area contributed by atoms with Crippen molar-refractivity contribution in [2.75, 3.05) is 0 Å². The Bertz CT molecular complexity index is 4140. The number of para-hydroxylation sites is 2. The standard InChI is InChI=1S/C68H43NS/c1-4-18-48(19-5-1)67(49-20-6-2-7-21-49)59-28-14-10-24-51(59)55-40-44(32-36-60(55)67)45-33-37-61-56(41-45)57-42-46(47-35-39-66-58(43-47)54-27-13-17-31-65(54)70-66)34-38-62(57)68(61,50-22-8-3-9-23-50)69-63-29-15-11-25-52(63)53-26-12-16-30-64(53)69/h1-43H. The summed E-state index contributed by atoms with van der Waals surface area (Å²) in [6.07, 6.45) is 0. The number of nitrogens with zero attached hydrogens (tertiary/aromatic N) is 1. The van der Waals surface area contributed by atoms with Crippen LogP contribution in [0.1, 0.15) is 38.9 Å². The fourth-order valence-corrected chi connectivity index (χ4v) is 13.9. The molecule has 0 bridgehead atoms. The highest BCUT2D eigenvalue weighted by molar-refractivity contribution is 7.25. The molecule has 0 fully saturated rings. The molecule has 0 spiro atoms. The Hall–Kier alpha value is -8.56. The van der Waals surface area contributed by atoms with Crippen LogP contribution in [-0.4, -0.2) is 4.57 Å². The van der Waals surface area contributed by atoms with Gasteiger partial charge in [-0.3, -0.25) is 0 Å². The minimum atomic E-state index is -0.680. The summed E-state index contributed by atoms with van der Waals surface area (Å²) < 4.78 is 5.29. The molecule has 0 radical (unpaired) electrons. The monoisotopic (exact) mass is 905 g/mol. The molecule has 0 amide bonds. The highest BCUT2D eigenvalue weighted by Crippen LogP contribution is 2.59.